The van der Waals surface area contributed by atoms with Gasteiger partial charge in [0.15, 0.2) is 17.0 Å². The van der Waals surface area contributed by atoms with Crippen LogP contribution in [0, 0.1) is 12.3 Å². The third-order valence-electron chi connectivity index (χ3n) is 4.11. The number of pyridine rings is 1. The van der Waals surface area contributed by atoms with Gasteiger partial charge in [-0.25, -0.2) is 0 Å². The Hall–Kier alpha value is -2.57. The van der Waals surface area contributed by atoms with Crippen molar-refractivity contribution in [2.24, 2.45) is 5.41 Å². The van der Waals surface area contributed by atoms with Crippen LogP contribution in [0.5, 0.6) is 0 Å². The van der Waals surface area contributed by atoms with Gasteiger partial charge >= 0.3 is 11.9 Å². The molecule has 1 unspecified atom stereocenters. The molecule has 1 heterocycles. The Balaban J connectivity index is 3.32. The van der Waals surface area contributed by atoms with Crippen LogP contribution in [0.15, 0.2) is 18.5 Å². The van der Waals surface area contributed by atoms with Crippen molar-refractivity contribution in [1.29, 1.82) is 0 Å². The monoisotopic (exact) mass is 391 g/mol. The molecule has 28 heavy (non-hydrogen) atoms. The molecular weight excluding hydrogens is 362 g/mol. The Morgan fingerprint density at radius 2 is 1.75 bits per heavy atom. The standard InChI is InChI=1S/C21H29NO6/c1-7-27-17(24)9-8-10-21(15(3)23,19(26)28-20(4,5)6)18(25)16-11-14(2)12-22-13-16/h11-13H,7-10H2,1-6H3. The van der Waals surface area contributed by atoms with Crippen LogP contribution in [0.4, 0.5) is 0 Å². The molecule has 1 atom stereocenters. The van der Waals surface area contributed by atoms with Gasteiger partial charge in [-0.3, -0.25) is 24.2 Å². The maximum absolute atomic E-state index is 13.3. The van der Waals surface area contributed by atoms with Gasteiger partial charge in [-0.1, -0.05) is 0 Å². The minimum Gasteiger partial charge on any atom is -0.466 e. The molecule has 0 saturated heterocycles. The van der Waals surface area contributed by atoms with Crippen LogP contribution in [0.25, 0.3) is 0 Å². The molecule has 0 aliphatic carbocycles. The van der Waals surface area contributed by atoms with E-state index < -0.39 is 34.5 Å². The number of ether oxygens (including phenoxy) is 2. The highest BCUT2D eigenvalue weighted by Crippen LogP contribution is 2.34. The van der Waals surface area contributed by atoms with Crippen LogP contribution in [-0.2, 0) is 23.9 Å². The molecule has 1 aromatic heterocycles. The van der Waals surface area contributed by atoms with Gasteiger partial charge in [-0.05, 0) is 66.0 Å². The number of carbonyl (C=O) groups is 4. The quantitative estimate of drug-likeness (QED) is 0.362. The molecule has 1 rings (SSSR count). The van der Waals surface area contributed by atoms with Gasteiger partial charge in [0.1, 0.15) is 5.60 Å². The third-order valence-corrected chi connectivity index (χ3v) is 4.11. The average Bonchev–Trinajstić information content (AvgIpc) is 2.56. The Kier molecular flexibility index (Phi) is 8.02. The molecule has 0 saturated carbocycles. The summed E-state index contributed by atoms with van der Waals surface area (Å²) >= 11 is 0. The lowest BCUT2D eigenvalue weighted by Crippen LogP contribution is -2.48. The summed E-state index contributed by atoms with van der Waals surface area (Å²) in [5.41, 5.74) is -2.05. The summed E-state index contributed by atoms with van der Waals surface area (Å²) in [6.45, 7) is 9.85. The Morgan fingerprint density at radius 3 is 2.25 bits per heavy atom. The van der Waals surface area contributed by atoms with Crippen molar-refractivity contribution in [2.75, 3.05) is 6.61 Å². The summed E-state index contributed by atoms with van der Waals surface area (Å²) < 4.78 is 10.3. The van der Waals surface area contributed by atoms with E-state index >= 15 is 0 Å². The van der Waals surface area contributed by atoms with Crippen LogP contribution in [0.3, 0.4) is 0 Å². The van der Waals surface area contributed by atoms with E-state index in [2.05, 4.69) is 4.98 Å². The van der Waals surface area contributed by atoms with Crippen LogP contribution in [-0.4, -0.2) is 40.7 Å². The molecule has 0 spiro atoms. The smallest absolute Gasteiger partial charge is 0.328 e. The second-order valence-corrected chi connectivity index (χ2v) is 7.70. The van der Waals surface area contributed by atoms with Crippen LogP contribution in [0.2, 0.25) is 0 Å². The SMILES string of the molecule is CCOC(=O)CCCC(C(C)=O)(C(=O)OC(C)(C)C)C(=O)c1cncc(C)c1. The van der Waals surface area contributed by atoms with Crippen LogP contribution >= 0.6 is 0 Å². The van der Waals surface area contributed by atoms with Crippen LogP contribution < -0.4 is 0 Å². The fourth-order valence-corrected chi connectivity index (χ4v) is 2.81. The van der Waals surface area contributed by atoms with Gasteiger partial charge in [0.2, 0.25) is 0 Å². The predicted molar refractivity (Wildman–Crippen MR) is 103 cm³/mol. The number of rotatable bonds is 9. The maximum atomic E-state index is 13.3. The summed E-state index contributed by atoms with van der Waals surface area (Å²) in [7, 11) is 0. The summed E-state index contributed by atoms with van der Waals surface area (Å²) in [6.07, 6.45) is 2.86. The number of aromatic nitrogens is 1. The fraction of sp³-hybridized carbons (Fsp3) is 0.571. The third kappa shape index (κ3) is 5.97. The number of ketones is 2. The number of nitrogens with zero attached hydrogens (tertiary/aromatic N) is 1. The van der Waals surface area contributed by atoms with Gasteiger partial charge in [-0.2, -0.15) is 0 Å². The number of carbonyl (C=O) groups excluding carboxylic acids is 4. The highest BCUT2D eigenvalue weighted by molar-refractivity contribution is 6.26. The minimum atomic E-state index is -2.03. The molecule has 0 fully saturated rings. The first-order valence-corrected chi connectivity index (χ1v) is 9.30. The summed E-state index contributed by atoms with van der Waals surface area (Å²) in [6, 6.07) is 1.57. The number of aryl methyl sites for hydroxylation is 1. The number of esters is 2. The van der Waals surface area contributed by atoms with Crippen molar-refractivity contribution >= 4 is 23.5 Å². The van der Waals surface area contributed by atoms with E-state index in [1.165, 1.54) is 13.1 Å². The van der Waals surface area contributed by atoms with Crippen molar-refractivity contribution in [3.8, 4) is 0 Å². The molecule has 7 nitrogen and oxygen atoms in total. The van der Waals surface area contributed by atoms with E-state index in [0.29, 0.717) is 0 Å². The van der Waals surface area contributed by atoms with E-state index in [0.717, 1.165) is 5.56 Å². The molecule has 0 aromatic carbocycles. The Labute approximate surface area is 165 Å². The highest BCUT2D eigenvalue weighted by atomic mass is 16.6. The van der Waals surface area contributed by atoms with E-state index in [-0.39, 0.29) is 31.4 Å². The first-order valence-electron chi connectivity index (χ1n) is 9.30. The zero-order valence-electron chi connectivity index (χ0n) is 17.5. The van der Waals surface area contributed by atoms with Gasteiger partial charge in [-0.15, -0.1) is 0 Å². The van der Waals surface area contributed by atoms with Gasteiger partial charge in [0.05, 0.1) is 6.61 Å². The first kappa shape index (κ1) is 23.5. The van der Waals surface area contributed by atoms with E-state index in [4.69, 9.17) is 9.47 Å². The molecule has 0 radical (unpaired) electrons. The minimum absolute atomic E-state index is 0.00891. The molecule has 0 aliphatic rings. The maximum Gasteiger partial charge on any atom is 0.328 e. The first-order chi connectivity index (χ1) is 12.9. The summed E-state index contributed by atoms with van der Waals surface area (Å²) in [4.78, 5) is 54.6. The topological polar surface area (TPSA) is 99.6 Å². The zero-order valence-corrected chi connectivity index (χ0v) is 17.5. The number of Topliss-reactive ketones (excluding diaryl/α,β-unsaturated/α-hetero) is 2. The van der Waals surface area contributed by atoms with Gasteiger partial charge in [0, 0.05) is 24.4 Å². The van der Waals surface area contributed by atoms with Gasteiger partial charge < -0.3 is 9.47 Å². The van der Waals surface area contributed by atoms with E-state index in [9.17, 15) is 19.2 Å². The van der Waals surface area contributed by atoms with Crippen molar-refractivity contribution in [1.82, 2.24) is 4.98 Å². The zero-order chi connectivity index (χ0) is 21.5. The van der Waals surface area contributed by atoms with E-state index in [1.54, 1.807) is 46.9 Å². The van der Waals surface area contributed by atoms with Crippen molar-refractivity contribution < 1.29 is 28.7 Å². The van der Waals surface area contributed by atoms with E-state index in [1.807, 2.05) is 0 Å². The Bertz CT molecular complexity index is 750. The van der Waals surface area contributed by atoms with Crippen LogP contribution in [0.1, 0.15) is 69.8 Å². The molecule has 0 amide bonds. The fourth-order valence-electron chi connectivity index (χ4n) is 2.81. The lowest BCUT2D eigenvalue weighted by molar-refractivity contribution is -0.167. The molecule has 1 aromatic rings. The number of hydrogen-bond acceptors (Lipinski definition) is 7. The molecule has 0 aliphatic heterocycles. The van der Waals surface area contributed by atoms with Gasteiger partial charge in [0.25, 0.3) is 0 Å². The highest BCUT2D eigenvalue weighted by Gasteiger charge is 2.52. The summed E-state index contributed by atoms with van der Waals surface area (Å²) in [5, 5.41) is 0. The Morgan fingerprint density at radius 1 is 1.11 bits per heavy atom. The van der Waals surface area contributed by atoms with Crippen molar-refractivity contribution in [2.45, 2.75) is 66.4 Å². The summed E-state index contributed by atoms with van der Waals surface area (Å²) in [5.74, 6) is -2.66. The lowest BCUT2D eigenvalue weighted by atomic mass is 9.73. The van der Waals surface area contributed by atoms with Crippen molar-refractivity contribution in [3.05, 3.63) is 29.6 Å². The second kappa shape index (κ2) is 9.57. The largest absolute Gasteiger partial charge is 0.466 e. The second-order valence-electron chi connectivity index (χ2n) is 7.70. The normalized spacial score (nSPS) is 13.4. The predicted octanol–water partition coefficient (Wildman–Crippen LogP) is 3.22. The molecule has 7 heteroatoms. The molecule has 154 valence electrons. The number of hydrogen-bond donors (Lipinski definition) is 0. The molecule has 0 N–H and O–H groups in total. The molecular formula is C21H29NO6. The van der Waals surface area contributed by atoms with Crippen molar-refractivity contribution in [3.63, 3.8) is 0 Å². The average molecular weight is 391 g/mol. The lowest BCUT2D eigenvalue weighted by Gasteiger charge is -2.31. The molecule has 0 bridgehead atoms.